The molecule has 7 N–H and O–H groups in total. The molecule has 4 heterocycles. The number of nitrogens with one attached hydrogen (secondary N) is 2. The number of amides is 1. The second-order valence-corrected chi connectivity index (χ2v) is 11.7. The second-order valence-electron chi connectivity index (χ2n) is 11.7. The lowest BCUT2D eigenvalue weighted by molar-refractivity contribution is -0.139. The Morgan fingerprint density at radius 3 is 2.73 bits per heavy atom. The third-order valence-corrected chi connectivity index (χ3v) is 8.22. The Balaban J connectivity index is 1.06. The molecule has 0 fully saturated rings. The fourth-order valence-electron chi connectivity index (χ4n) is 5.86. The van der Waals surface area contributed by atoms with Crippen LogP contribution in [0.15, 0.2) is 42.6 Å². The first kappa shape index (κ1) is 31.9. The summed E-state index contributed by atoms with van der Waals surface area (Å²) in [6.45, 7) is 3.14. The Bertz CT molecular complexity index is 2000. The summed E-state index contributed by atoms with van der Waals surface area (Å²) in [5.74, 6) is -1.20. The van der Waals surface area contributed by atoms with Gasteiger partial charge in [-0.15, -0.1) is 10.2 Å². The number of aromatic amines is 1. The smallest absolute Gasteiger partial charge is 0.326 e. The van der Waals surface area contributed by atoms with Crippen molar-refractivity contribution >= 4 is 46.3 Å². The number of nitrogen functional groups attached to an aromatic ring is 2. The van der Waals surface area contributed by atoms with Gasteiger partial charge in [-0.1, -0.05) is 24.1 Å². The molecule has 3 aromatic heterocycles. The number of carboxylic acids is 1. The number of fused-ring (bicyclic) bond motifs is 2. The summed E-state index contributed by atoms with van der Waals surface area (Å²) in [6, 6.07) is 9.66. The fourth-order valence-corrected chi connectivity index (χ4v) is 5.86. The number of rotatable bonds is 12. The summed E-state index contributed by atoms with van der Waals surface area (Å²) in [6.07, 6.45) is 4.50. The number of H-pyrrole nitrogens is 1. The molecule has 0 spiro atoms. The number of nitrogens with two attached hydrogens (primary N) is 2. The molecule has 1 aliphatic rings. The van der Waals surface area contributed by atoms with Crippen LogP contribution in [0.1, 0.15) is 69.6 Å². The molecule has 0 unspecified atom stereocenters. The Morgan fingerprint density at radius 1 is 1.08 bits per heavy atom. The van der Waals surface area contributed by atoms with E-state index in [1.54, 1.807) is 24.4 Å². The summed E-state index contributed by atoms with van der Waals surface area (Å²) in [5.41, 5.74) is 17.3. The second kappa shape index (κ2) is 13.7. The van der Waals surface area contributed by atoms with Crippen LogP contribution in [0.3, 0.4) is 0 Å². The van der Waals surface area contributed by atoms with Crippen LogP contribution in [0.25, 0.3) is 22.6 Å². The molecule has 1 amide bonds. The van der Waals surface area contributed by atoms with Crippen LogP contribution in [0.5, 0.6) is 0 Å². The molecular formula is C32H34N12O4. The Hall–Kier alpha value is -6.06. The van der Waals surface area contributed by atoms with E-state index in [2.05, 4.69) is 50.8 Å². The first-order valence-corrected chi connectivity index (χ1v) is 15.5. The molecule has 2 aromatic carbocycles. The summed E-state index contributed by atoms with van der Waals surface area (Å²) in [4.78, 5) is 57.4. The standard InChI is InChI=1S/C32H34N12O4/c1-17-8-10-21(22(13-17)28-40-42-43-41-28)25(45)7-3-2-6-23(31(47)48)37-30(46)19-9-11-24-18(14-19)5-4-12-44(24)16-20-15-35-29-26(36-20)27(33)38-32(34)39-29/h8-11,13-15,23H,2-7,12,16H2,1H3,(H,37,46)(H,47,48)(H,40,41,42,43)(H4,33,34,35,38,39)/t23-/m0/s1. The third kappa shape index (κ3) is 7.01. The Morgan fingerprint density at radius 2 is 1.94 bits per heavy atom. The maximum absolute atomic E-state index is 13.2. The Kier molecular flexibility index (Phi) is 9.13. The summed E-state index contributed by atoms with van der Waals surface area (Å²) in [7, 11) is 0. The molecule has 6 rings (SSSR count). The van der Waals surface area contributed by atoms with Crippen LogP contribution < -0.4 is 21.7 Å². The van der Waals surface area contributed by atoms with Gasteiger partial charge < -0.3 is 26.8 Å². The number of nitrogens with zero attached hydrogens (tertiary/aromatic N) is 8. The van der Waals surface area contributed by atoms with Gasteiger partial charge in [0, 0.05) is 35.3 Å². The molecule has 16 nitrogen and oxygen atoms in total. The van der Waals surface area contributed by atoms with Crippen molar-refractivity contribution in [2.45, 2.75) is 58.0 Å². The molecular weight excluding hydrogens is 616 g/mol. The number of carbonyl (C=O) groups is 3. The number of hydrogen-bond acceptors (Lipinski definition) is 13. The van der Waals surface area contributed by atoms with E-state index in [1.165, 1.54) is 0 Å². The quantitative estimate of drug-likeness (QED) is 0.0963. The Labute approximate surface area is 274 Å². The molecule has 0 aliphatic carbocycles. The van der Waals surface area contributed by atoms with Gasteiger partial charge >= 0.3 is 5.97 Å². The fraction of sp³-hybridized carbons (Fsp3) is 0.312. The van der Waals surface area contributed by atoms with E-state index in [9.17, 15) is 19.5 Å². The first-order chi connectivity index (χ1) is 23.2. The summed E-state index contributed by atoms with van der Waals surface area (Å²) >= 11 is 0. The number of aryl methyl sites for hydroxylation is 2. The number of ketones is 1. The van der Waals surface area contributed by atoms with Gasteiger partial charge in [-0.2, -0.15) is 15.2 Å². The van der Waals surface area contributed by atoms with Crippen molar-refractivity contribution in [2.24, 2.45) is 0 Å². The van der Waals surface area contributed by atoms with Crippen LogP contribution in [-0.4, -0.2) is 75.9 Å². The van der Waals surface area contributed by atoms with Crippen molar-refractivity contribution in [3.8, 4) is 11.4 Å². The first-order valence-electron chi connectivity index (χ1n) is 15.5. The topological polar surface area (TPSA) is 245 Å². The van der Waals surface area contributed by atoms with Crippen molar-refractivity contribution in [1.29, 1.82) is 0 Å². The number of aliphatic carboxylic acids is 1. The lowest BCUT2D eigenvalue weighted by atomic mass is 9.96. The number of tetrazole rings is 1. The average Bonchev–Trinajstić information content (AvgIpc) is 3.61. The molecule has 1 atom stereocenters. The minimum atomic E-state index is -1.14. The van der Waals surface area contributed by atoms with Crippen molar-refractivity contribution in [3.63, 3.8) is 0 Å². The maximum atomic E-state index is 13.2. The number of unbranched alkanes of at least 4 members (excludes halogenated alkanes) is 1. The number of benzene rings is 2. The normalized spacial score (nSPS) is 13.2. The third-order valence-electron chi connectivity index (χ3n) is 8.22. The monoisotopic (exact) mass is 650 g/mol. The van der Waals surface area contributed by atoms with Crippen LogP contribution in [-0.2, 0) is 17.8 Å². The average molecular weight is 651 g/mol. The van der Waals surface area contributed by atoms with Gasteiger partial charge in [0.15, 0.2) is 22.8 Å². The van der Waals surface area contributed by atoms with E-state index in [0.717, 1.165) is 36.2 Å². The van der Waals surface area contributed by atoms with Crippen LogP contribution in [0.4, 0.5) is 17.5 Å². The van der Waals surface area contributed by atoms with Crippen molar-refractivity contribution in [3.05, 3.63) is 70.5 Å². The van der Waals surface area contributed by atoms with Crippen molar-refractivity contribution in [1.82, 2.24) is 45.9 Å². The van der Waals surface area contributed by atoms with Crippen LogP contribution in [0.2, 0.25) is 0 Å². The van der Waals surface area contributed by atoms with Crippen LogP contribution in [0, 0.1) is 6.92 Å². The van der Waals surface area contributed by atoms with Crippen LogP contribution >= 0.6 is 0 Å². The highest BCUT2D eigenvalue weighted by atomic mass is 16.4. The molecule has 1 aliphatic heterocycles. The zero-order valence-electron chi connectivity index (χ0n) is 26.2. The number of anilines is 3. The maximum Gasteiger partial charge on any atom is 0.326 e. The SMILES string of the molecule is Cc1ccc(C(=O)CCCC[C@H](NC(=O)c2ccc3c(c2)CCCN3Cc2cnc3nc(N)nc(N)c3n2)C(=O)O)c(-c2nn[nH]n2)c1. The lowest BCUT2D eigenvalue weighted by Crippen LogP contribution is -2.40. The highest BCUT2D eigenvalue weighted by molar-refractivity contribution is 6.01. The van der Waals surface area contributed by atoms with E-state index in [0.29, 0.717) is 58.8 Å². The molecule has 0 bridgehead atoms. The van der Waals surface area contributed by atoms with E-state index in [1.807, 2.05) is 25.1 Å². The number of carboxylic acid groups (broad SMARTS) is 1. The molecule has 5 aromatic rings. The minimum absolute atomic E-state index is 0.0314. The number of Topliss-reactive ketones (excluding diaryl/α,β-unsaturated/α-hetero) is 1. The molecule has 16 heteroatoms. The van der Waals surface area contributed by atoms with E-state index in [4.69, 9.17) is 11.5 Å². The number of carbonyl (C=O) groups excluding carboxylic acids is 2. The molecule has 0 radical (unpaired) electrons. The largest absolute Gasteiger partial charge is 0.480 e. The number of hydrogen-bond donors (Lipinski definition) is 5. The van der Waals surface area contributed by atoms with Crippen molar-refractivity contribution in [2.75, 3.05) is 22.9 Å². The van der Waals surface area contributed by atoms with Gasteiger partial charge in [0.2, 0.25) is 11.8 Å². The molecule has 246 valence electrons. The number of aromatic nitrogens is 8. The zero-order chi connectivity index (χ0) is 33.8. The molecule has 0 saturated heterocycles. The van der Waals surface area contributed by atoms with E-state index >= 15 is 0 Å². The predicted molar refractivity (Wildman–Crippen MR) is 176 cm³/mol. The predicted octanol–water partition coefficient (Wildman–Crippen LogP) is 2.65. The molecule has 48 heavy (non-hydrogen) atoms. The van der Waals surface area contributed by atoms with Gasteiger partial charge in [0.1, 0.15) is 6.04 Å². The minimum Gasteiger partial charge on any atom is -0.480 e. The highest BCUT2D eigenvalue weighted by Crippen LogP contribution is 2.30. The van der Waals surface area contributed by atoms with Crippen molar-refractivity contribution < 1.29 is 19.5 Å². The zero-order valence-corrected chi connectivity index (χ0v) is 26.2. The van der Waals surface area contributed by atoms with Gasteiger partial charge in [-0.05, 0) is 67.6 Å². The highest BCUT2D eigenvalue weighted by Gasteiger charge is 2.24. The summed E-state index contributed by atoms with van der Waals surface area (Å²) < 4.78 is 0. The molecule has 0 saturated carbocycles. The van der Waals surface area contributed by atoms with E-state index in [-0.39, 0.29) is 30.4 Å². The van der Waals surface area contributed by atoms with E-state index < -0.39 is 17.9 Å². The van der Waals surface area contributed by atoms with Gasteiger partial charge in [0.05, 0.1) is 18.4 Å². The van der Waals surface area contributed by atoms with Gasteiger partial charge in [-0.25, -0.2) is 14.8 Å². The lowest BCUT2D eigenvalue weighted by Gasteiger charge is -2.31. The van der Waals surface area contributed by atoms with Gasteiger partial charge in [0.25, 0.3) is 5.91 Å². The summed E-state index contributed by atoms with van der Waals surface area (Å²) in [5, 5.41) is 26.5. The van der Waals surface area contributed by atoms with Gasteiger partial charge in [-0.3, -0.25) is 9.59 Å².